The van der Waals surface area contributed by atoms with E-state index in [-0.39, 0.29) is 25.0 Å². The Morgan fingerprint density at radius 3 is 2.95 bits per heavy atom. The standard InChI is InChI=1S/C11H11ClN4O4/c1-2-19-9(17)6-20-11-14-10(16(18)15-11)8-4-3-7(12)5-13-8/h3-5,18H,2,6H2,1H3. The number of halogens is 1. The SMILES string of the molecule is CCOC(=O)COc1nc(-c2ccc(Cl)cn2)n(O)n1. The molecule has 0 radical (unpaired) electrons. The summed E-state index contributed by atoms with van der Waals surface area (Å²) in [5, 5.41) is 13.7. The number of aromatic nitrogens is 4. The van der Waals surface area contributed by atoms with Crippen molar-refractivity contribution in [3.63, 3.8) is 0 Å². The first-order valence-corrected chi connectivity index (χ1v) is 6.04. The molecule has 0 bridgehead atoms. The van der Waals surface area contributed by atoms with Crippen molar-refractivity contribution in [3.8, 4) is 17.5 Å². The van der Waals surface area contributed by atoms with Crippen molar-refractivity contribution in [2.24, 2.45) is 0 Å². The number of esters is 1. The predicted octanol–water partition coefficient (Wildman–Crippen LogP) is 1.17. The fourth-order valence-electron chi connectivity index (χ4n) is 1.34. The zero-order chi connectivity index (χ0) is 14.5. The molecule has 0 aliphatic carbocycles. The lowest BCUT2D eigenvalue weighted by Gasteiger charge is -2.00. The van der Waals surface area contributed by atoms with E-state index in [1.165, 1.54) is 6.20 Å². The molecule has 2 heterocycles. The van der Waals surface area contributed by atoms with Crippen molar-refractivity contribution in [1.82, 2.24) is 19.9 Å². The van der Waals surface area contributed by atoms with Gasteiger partial charge in [-0.15, -0.1) is 0 Å². The van der Waals surface area contributed by atoms with Crippen molar-refractivity contribution >= 4 is 17.6 Å². The molecule has 1 N–H and O–H groups in total. The van der Waals surface area contributed by atoms with Crippen LogP contribution in [0.5, 0.6) is 6.01 Å². The fraction of sp³-hybridized carbons (Fsp3) is 0.273. The molecular formula is C11H11ClN4O4. The number of carbonyl (C=O) groups is 1. The first kappa shape index (κ1) is 14.1. The van der Waals surface area contributed by atoms with Crippen LogP contribution in [-0.2, 0) is 9.53 Å². The summed E-state index contributed by atoms with van der Waals surface area (Å²) in [7, 11) is 0. The Hall–Kier alpha value is -2.35. The van der Waals surface area contributed by atoms with Gasteiger partial charge >= 0.3 is 12.0 Å². The van der Waals surface area contributed by atoms with Crippen LogP contribution in [0.3, 0.4) is 0 Å². The highest BCUT2D eigenvalue weighted by atomic mass is 35.5. The molecule has 0 aromatic carbocycles. The summed E-state index contributed by atoms with van der Waals surface area (Å²) >= 11 is 5.71. The van der Waals surface area contributed by atoms with Gasteiger partial charge in [-0.3, -0.25) is 4.98 Å². The van der Waals surface area contributed by atoms with Crippen molar-refractivity contribution in [1.29, 1.82) is 0 Å². The molecule has 0 aliphatic rings. The Bertz CT molecular complexity index is 599. The molecule has 0 fully saturated rings. The maximum atomic E-state index is 11.1. The van der Waals surface area contributed by atoms with Gasteiger partial charge in [-0.25, -0.2) is 4.79 Å². The Kier molecular flexibility index (Phi) is 4.36. The van der Waals surface area contributed by atoms with Crippen molar-refractivity contribution in [2.45, 2.75) is 6.92 Å². The minimum absolute atomic E-state index is 0.0699. The molecular weight excluding hydrogens is 288 g/mol. The van der Waals surface area contributed by atoms with Gasteiger partial charge in [0.15, 0.2) is 6.61 Å². The quantitative estimate of drug-likeness (QED) is 0.653. The fourth-order valence-corrected chi connectivity index (χ4v) is 1.45. The first-order chi connectivity index (χ1) is 9.60. The van der Waals surface area contributed by atoms with E-state index in [1.807, 2.05) is 0 Å². The van der Waals surface area contributed by atoms with Gasteiger partial charge in [0.1, 0.15) is 5.69 Å². The van der Waals surface area contributed by atoms with E-state index in [4.69, 9.17) is 16.3 Å². The maximum Gasteiger partial charge on any atom is 0.344 e. The molecule has 2 rings (SSSR count). The Morgan fingerprint density at radius 2 is 2.30 bits per heavy atom. The van der Waals surface area contributed by atoms with E-state index in [2.05, 4.69) is 19.8 Å². The van der Waals surface area contributed by atoms with Crippen LogP contribution in [0, 0.1) is 0 Å². The highest BCUT2D eigenvalue weighted by molar-refractivity contribution is 6.30. The number of nitrogens with zero attached hydrogens (tertiary/aromatic N) is 4. The lowest BCUT2D eigenvalue weighted by atomic mass is 10.3. The Balaban J connectivity index is 2.09. The monoisotopic (exact) mass is 298 g/mol. The number of hydrogen-bond donors (Lipinski definition) is 1. The molecule has 2 aromatic heterocycles. The molecule has 106 valence electrons. The molecule has 2 aromatic rings. The number of pyridine rings is 1. The van der Waals surface area contributed by atoms with Gasteiger partial charge in [-0.2, -0.15) is 4.98 Å². The number of rotatable bonds is 5. The van der Waals surface area contributed by atoms with Gasteiger partial charge < -0.3 is 14.7 Å². The lowest BCUT2D eigenvalue weighted by molar-refractivity contribution is -0.145. The normalized spacial score (nSPS) is 10.3. The molecule has 0 amide bonds. The molecule has 0 saturated heterocycles. The van der Waals surface area contributed by atoms with Crippen LogP contribution < -0.4 is 4.74 Å². The minimum Gasteiger partial charge on any atom is -0.463 e. The summed E-state index contributed by atoms with van der Waals surface area (Å²) in [5.41, 5.74) is 0.357. The number of hydrogen-bond acceptors (Lipinski definition) is 7. The van der Waals surface area contributed by atoms with E-state index >= 15 is 0 Å². The summed E-state index contributed by atoms with van der Waals surface area (Å²) in [6, 6.07) is 3.00. The molecule has 0 unspecified atom stereocenters. The van der Waals surface area contributed by atoms with Crippen LogP contribution in [0.25, 0.3) is 11.5 Å². The van der Waals surface area contributed by atoms with E-state index in [1.54, 1.807) is 19.1 Å². The average molecular weight is 299 g/mol. The van der Waals surface area contributed by atoms with Crippen LogP contribution in [0.2, 0.25) is 5.02 Å². The zero-order valence-electron chi connectivity index (χ0n) is 10.5. The summed E-state index contributed by atoms with van der Waals surface area (Å²) < 4.78 is 9.68. The van der Waals surface area contributed by atoms with Crippen LogP contribution >= 0.6 is 11.6 Å². The molecule has 20 heavy (non-hydrogen) atoms. The maximum absolute atomic E-state index is 11.1. The van der Waals surface area contributed by atoms with Gasteiger partial charge in [-0.1, -0.05) is 21.5 Å². The summed E-state index contributed by atoms with van der Waals surface area (Å²) in [4.78, 5) is 19.5. The molecule has 0 aliphatic heterocycles. The highest BCUT2D eigenvalue weighted by Gasteiger charge is 2.15. The van der Waals surface area contributed by atoms with E-state index in [9.17, 15) is 10.0 Å². The largest absolute Gasteiger partial charge is 0.463 e. The summed E-state index contributed by atoms with van der Waals surface area (Å²) in [6.45, 7) is 1.60. The lowest BCUT2D eigenvalue weighted by Crippen LogP contribution is -2.15. The third-order valence-corrected chi connectivity index (χ3v) is 2.38. The Labute approximate surface area is 118 Å². The van der Waals surface area contributed by atoms with Gasteiger partial charge in [0.2, 0.25) is 5.82 Å². The second kappa shape index (κ2) is 6.20. The van der Waals surface area contributed by atoms with Crippen LogP contribution in [0.1, 0.15) is 6.92 Å². The highest BCUT2D eigenvalue weighted by Crippen LogP contribution is 2.18. The third-order valence-electron chi connectivity index (χ3n) is 2.15. The molecule has 8 nitrogen and oxygen atoms in total. The smallest absolute Gasteiger partial charge is 0.344 e. The summed E-state index contributed by atoms with van der Waals surface area (Å²) in [6.07, 6.45) is 1.41. The molecule has 0 atom stereocenters. The third kappa shape index (κ3) is 3.35. The molecule has 9 heteroatoms. The molecule has 0 saturated carbocycles. The van der Waals surface area contributed by atoms with Gasteiger partial charge in [-0.05, 0) is 19.1 Å². The second-order valence-corrected chi connectivity index (χ2v) is 4.00. The van der Waals surface area contributed by atoms with Crippen LogP contribution in [-0.4, -0.2) is 44.3 Å². The summed E-state index contributed by atoms with van der Waals surface area (Å²) in [5.74, 6) is -0.478. The van der Waals surface area contributed by atoms with E-state index in [0.29, 0.717) is 15.6 Å². The number of carbonyl (C=O) groups excluding carboxylic acids is 1. The van der Waals surface area contributed by atoms with Crippen LogP contribution in [0.15, 0.2) is 18.3 Å². The van der Waals surface area contributed by atoms with Gasteiger partial charge in [0.25, 0.3) is 0 Å². The van der Waals surface area contributed by atoms with Crippen molar-refractivity contribution in [3.05, 3.63) is 23.4 Å². The topological polar surface area (TPSA) is 99.4 Å². The van der Waals surface area contributed by atoms with Crippen LogP contribution in [0.4, 0.5) is 0 Å². The number of ether oxygens (including phenoxy) is 2. The second-order valence-electron chi connectivity index (χ2n) is 3.56. The molecule has 0 spiro atoms. The van der Waals surface area contributed by atoms with E-state index in [0.717, 1.165) is 0 Å². The van der Waals surface area contributed by atoms with Crippen molar-refractivity contribution in [2.75, 3.05) is 13.2 Å². The first-order valence-electron chi connectivity index (χ1n) is 5.66. The predicted molar refractivity (Wildman–Crippen MR) is 67.6 cm³/mol. The minimum atomic E-state index is -0.548. The van der Waals surface area contributed by atoms with Gasteiger partial charge in [0, 0.05) is 6.20 Å². The average Bonchev–Trinajstić information content (AvgIpc) is 2.79. The zero-order valence-corrected chi connectivity index (χ0v) is 11.2. The Morgan fingerprint density at radius 1 is 1.50 bits per heavy atom. The van der Waals surface area contributed by atoms with E-state index < -0.39 is 5.97 Å². The van der Waals surface area contributed by atoms with Crippen molar-refractivity contribution < 1.29 is 19.5 Å². The van der Waals surface area contributed by atoms with Gasteiger partial charge in [0.05, 0.1) is 11.6 Å².